The second-order valence-corrected chi connectivity index (χ2v) is 4.90. The van der Waals surface area contributed by atoms with Crippen LogP contribution in [0, 0.1) is 17.5 Å². The van der Waals surface area contributed by atoms with Gasteiger partial charge in [-0.1, -0.05) is 6.07 Å². The molecule has 2 nitrogen and oxygen atoms in total. The van der Waals surface area contributed by atoms with Crippen LogP contribution in [-0.2, 0) is 12.4 Å². The van der Waals surface area contributed by atoms with Crippen molar-refractivity contribution < 1.29 is 13.2 Å². The van der Waals surface area contributed by atoms with Gasteiger partial charge in [0.15, 0.2) is 11.6 Å². The van der Waals surface area contributed by atoms with Gasteiger partial charge >= 0.3 is 0 Å². The molecule has 0 aliphatic carbocycles. The number of alkyl halides is 1. The zero-order valence-corrected chi connectivity index (χ0v) is 11.5. The molecule has 2 aromatic carbocycles. The molecule has 0 spiro atoms. The maximum atomic E-state index is 13.3. The minimum Gasteiger partial charge on any atom is -0.322 e. The van der Waals surface area contributed by atoms with Crippen LogP contribution < -0.4 is 0 Å². The van der Waals surface area contributed by atoms with Crippen molar-refractivity contribution >= 4 is 22.6 Å². The monoisotopic (exact) mass is 310 g/mol. The highest BCUT2D eigenvalue weighted by Crippen LogP contribution is 2.21. The van der Waals surface area contributed by atoms with Crippen molar-refractivity contribution in [3.63, 3.8) is 0 Å². The Morgan fingerprint density at radius 1 is 1.00 bits per heavy atom. The van der Waals surface area contributed by atoms with Gasteiger partial charge in [-0.15, -0.1) is 11.6 Å². The Bertz CT molecular complexity index is 814. The first kappa shape index (κ1) is 13.9. The molecule has 0 N–H and O–H groups in total. The van der Waals surface area contributed by atoms with Crippen molar-refractivity contribution in [3.8, 4) is 0 Å². The Balaban J connectivity index is 2.08. The van der Waals surface area contributed by atoms with Crippen LogP contribution in [0.2, 0.25) is 0 Å². The van der Waals surface area contributed by atoms with Crippen LogP contribution in [0.15, 0.2) is 36.4 Å². The first-order chi connectivity index (χ1) is 10.1. The summed E-state index contributed by atoms with van der Waals surface area (Å²) in [5.41, 5.74) is 1.74. The van der Waals surface area contributed by atoms with Gasteiger partial charge in [-0.3, -0.25) is 0 Å². The van der Waals surface area contributed by atoms with Gasteiger partial charge in [0.05, 0.1) is 16.9 Å². The van der Waals surface area contributed by atoms with Crippen molar-refractivity contribution in [3.05, 3.63) is 65.2 Å². The largest absolute Gasteiger partial charge is 0.322 e. The summed E-state index contributed by atoms with van der Waals surface area (Å²) in [5.74, 6) is -1.51. The summed E-state index contributed by atoms with van der Waals surface area (Å²) in [6.45, 7) is 0.279. The van der Waals surface area contributed by atoms with Gasteiger partial charge in [0, 0.05) is 12.6 Å². The summed E-state index contributed by atoms with van der Waals surface area (Å²) in [4.78, 5) is 4.25. The fourth-order valence-electron chi connectivity index (χ4n) is 2.25. The van der Waals surface area contributed by atoms with Gasteiger partial charge in [-0.25, -0.2) is 18.2 Å². The Kier molecular flexibility index (Phi) is 3.59. The SMILES string of the molecule is Fc1ccc2c(c1)nc(CCl)n2Cc1ccc(F)c(F)c1. The molecule has 0 unspecified atom stereocenters. The third kappa shape index (κ3) is 2.61. The Labute approximate surface area is 123 Å². The third-order valence-corrected chi connectivity index (χ3v) is 3.47. The molecule has 0 aliphatic heterocycles. The van der Waals surface area contributed by atoms with Gasteiger partial charge in [0.2, 0.25) is 0 Å². The molecule has 1 aromatic heterocycles. The topological polar surface area (TPSA) is 17.8 Å². The van der Waals surface area contributed by atoms with E-state index in [0.29, 0.717) is 22.4 Å². The van der Waals surface area contributed by atoms with E-state index in [2.05, 4.69) is 4.98 Å². The summed E-state index contributed by atoms with van der Waals surface area (Å²) >= 11 is 5.85. The third-order valence-electron chi connectivity index (χ3n) is 3.23. The molecule has 0 atom stereocenters. The molecule has 0 saturated heterocycles. The van der Waals surface area contributed by atoms with Gasteiger partial charge < -0.3 is 4.57 Å². The molecule has 0 fully saturated rings. The van der Waals surface area contributed by atoms with Crippen molar-refractivity contribution in [2.45, 2.75) is 12.4 Å². The van der Waals surface area contributed by atoms with Crippen LogP contribution in [-0.4, -0.2) is 9.55 Å². The van der Waals surface area contributed by atoms with E-state index in [4.69, 9.17) is 11.6 Å². The fraction of sp³-hybridized carbons (Fsp3) is 0.133. The predicted molar refractivity (Wildman–Crippen MR) is 74.7 cm³/mol. The molecule has 6 heteroatoms. The van der Waals surface area contributed by atoms with Crippen molar-refractivity contribution in [2.24, 2.45) is 0 Å². The number of nitrogens with zero attached hydrogens (tertiary/aromatic N) is 2. The summed E-state index contributed by atoms with van der Waals surface area (Å²) in [7, 11) is 0. The number of benzene rings is 2. The van der Waals surface area contributed by atoms with Gasteiger partial charge in [-0.05, 0) is 29.8 Å². The molecule has 0 saturated carbocycles. The molecule has 0 bridgehead atoms. The quantitative estimate of drug-likeness (QED) is 0.662. The summed E-state index contributed by atoms with van der Waals surface area (Å²) in [6, 6.07) is 7.92. The average molecular weight is 311 g/mol. The minimum absolute atomic E-state index is 0.139. The lowest BCUT2D eigenvalue weighted by atomic mass is 10.2. The van der Waals surface area contributed by atoms with Crippen molar-refractivity contribution in [1.29, 1.82) is 0 Å². The van der Waals surface area contributed by atoms with E-state index in [1.54, 1.807) is 10.6 Å². The molecular weight excluding hydrogens is 301 g/mol. The minimum atomic E-state index is -0.907. The Hall–Kier alpha value is -2.01. The molecule has 0 amide bonds. The van der Waals surface area contributed by atoms with Crippen LogP contribution in [0.4, 0.5) is 13.2 Å². The number of hydrogen-bond acceptors (Lipinski definition) is 1. The molecular formula is C15H10ClF3N2. The van der Waals surface area contributed by atoms with Crippen LogP contribution in [0.25, 0.3) is 11.0 Å². The van der Waals surface area contributed by atoms with E-state index < -0.39 is 11.6 Å². The molecule has 108 valence electrons. The normalized spacial score (nSPS) is 11.2. The van der Waals surface area contributed by atoms with E-state index in [9.17, 15) is 13.2 Å². The predicted octanol–water partition coefficient (Wildman–Crippen LogP) is 4.24. The average Bonchev–Trinajstić information content (AvgIpc) is 2.80. The highest BCUT2D eigenvalue weighted by atomic mass is 35.5. The van der Waals surface area contributed by atoms with Crippen LogP contribution in [0.5, 0.6) is 0 Å². The number of hydrogen-bond donors (Lipinski definition) is 0. The number of fused-ring (bicyclic) bond motifs is 1. The molecule has 0 aliphatic rings. The van der Waals surface area contributed by atoms with E-state index in [1.165, 1.54) is 18.2 Å². The van der Waals surface area contributed by atoms with Crippen LogP contribution in [0.1, 0.15) is 11.4 Å². The lowest BCUT2D eigenvalue weighted by molar-refractivity contribution is 0.506. The summed E-state index contributed by atoms with van der Waals surface area (Å²) in [5, 5.41) is 0. The van der Waals surface area contributed by atoms with E-state index in [-0.39, 0.29) is 18.2 Å². The fourth-order valence-corrected chi connectivity index (χ4v) is 2.46. The van der Waals surface area contributed by atoms with Gasteiger partial charge in [0.25, 0.3) is 0 Å². The molecule has 3 aromatic rings. The molecule has 1 heterocycles. The highest BCUT2D eigenvalue weighted by molar-refractivity contribution is 6.16. The first-order valence-electron chi connectivity index (χ1n) is 6.23. The van der Waals surface area contributed by atoms with Gasteiger partial charge in [-0.2, -0.15) is 0 Å². The molecule has 0 radical (unpaired) electrons. The van der Waals surface area contributed by atoms with E-state index >= 15 is 0 Å². The number of rotatable bonds is 3. The summed E-state index contributed by atoms with van der Waals surface area (Å²) in [6.07, 6.45) is 0. The maximum absolute atomic E-state index is 13.3. The maximum Gasteiger partial charge on any atom is 0.159 e. The number of halogens is 4. The highest BCUT2D eigenvalue weighted by Gasteiger charge is 2.12. The Morgan fingerprint density at radius 3 is 2.52 bits per heavy atom. The van der Waals surface area contributed by atoms with Gasteiger partial charge in [0.1, 0.15) is 11.6 Å². The van der Waals surface area contributed by atoms with Crippen LogP contribution >= 0.6 is 11.6 Å². The smallest absolute Gasteiger partial charge is 0.159 e. The summed E-state index contributed by atoms with van der Waals surface area (Å²) < 4.78 is 41.2. The number of imidazole rings is 1. The molecule has 3 rings (SSSR count). The van der Waals surface area contributed by atoms with E-state index in [1.807, 2.05) is 0 Å². The standard InChI is InChI=1S/C15H10ClF3N2/c16-7-15-20-13-6-10(17)2-4-14(13)21(15)8-9-1-3-11(18)12(19)5-9/h1-6H,7-8H2. The number of aromatic nitrogens is 2. The van der Waals surface area contributed by atoms with Crippen molar-refractivity contribution in [2.75, 3.05) is 0 Å². The van der Waals surface area contributed by atoms with Crippen molar-refractivity contribution in [1.82, 2.24) is 9.55 Å². The first-order valence-corrected chi connectivity index (χ1v) is 6.76. The zero-order valence-electron chi connectivity index (χ0n) is 10.8. The lowest BCUT2D eigenvalue weighted by Crippen LogP contribution is -2.04. The lowest BCUT2D eigenvalue weighted by Gasteiger charge is -2.08. The molecule has 21 heavy (non-hydrogen) atoms. The second kappa shape index (κ2) is 5.41. The van der Waals surface area contributed by atoms with E-state index in [0.717, 1.165) is 12.1 Å². The van der Waals surface area contributed by atoms with Crippen LogP contribution in [0.3, 0.4) is 0 Å². The Morgan fingerprint density at radius 2 is 1.81 bits per heavy atom. The zero-order chi connectivity index (χ0) is 15.0. The second-order valence-electron chi connectivity index (χ2n) is 4.63.